The number of carboxylic acids is 1. The first-order valence-corrected chi connectivity index (χ1v) is 5.92. The minimum absolute atomic E-state index is 0.0491. The lowest BCUT2D eigenvalue weighted by Gasteiger charge is -2.13. The van der Waals surface area contributed by atoms with Crippen LogP contribution < -0.4 is 0 Å². The summed E-state index contributed by atoms with van der Waals surface area (Å²) in [7, 11) is 0. The zero-order chi connectivity index (χ0) is 12.9. The van der Waals surface area contributed by atoms with Crippen LogP contribution in [-0.2, 0) is 11.3 Å². The van der Waals surface area contributed by atoms with Crippen LogP contribution in [0, 0.1) is 0 Å². The van der Waals surface area contributed by atoms with E-state index in [2.05, 4.69) is 0 Å². The van der Waals surface area contributed by atoms with Gasteiger partial charge in [-0.05, 0) is 30.0 Å². The van der Waals surface area contributed by atoms with Crippen LogP contribution in [0.5, 0.6) is 0 Å². The molecule has 5 nitrogen and oxygen atoms in total. The standard InChI is InChI=1S/C13H13NO4/c15-11(13(17)18)7-1-2-8-6-14(9-3-4-9)12(16)10(8)5-7/h1-2,5,9,11,15H,3-4,6H2,(H,17,18). The zero-order valence-electron chi connectivity index (χ0n) is 9.67. The molecular weight excluding hydrogens is 234 g/mol. The first-order chi connectivity index (χ1) is 8.58. The van der Waals surface area contributed by atoms with Crippen LogP contribution in [0.1, 0.15) is 40.4 Å². The first kappa shape index (κ1) is 11.2. The summed E-state index contributed by atoms with van der Waals surface area (Å²) in [4.78, 5) is 24.7. The highest BCUT2D eigenvalue weighted by Crippen LogP contribution is 2.35. The molecule has 1 aromatic carbocycles. The molecule has 1 saturated carbocycles. The molecule has 1 fully saturated rings. The fourth-order valence-corrected chi connectivity index (χ4v) is 2.33. The Kier molecular flexibility index (Phi) is 2.38. The molecule has 0 aromatic heterocycles. The molecule has 1 aromatic rings. The van der Waals surface area contributed by atoms with Gasteiger partial charge < -0.3 is 15.1 Å². The lowest BCUT2D eigenvalue weighted by molar-refractivity contribution is -0.146. The minimum atomic E-state index is -1.57. The minimum Gasteiger partial charge on any atom is -0.479 e. The Labute approximate surface area is 104 Å². The van der Waals surface area contributed by atoms with E-state index in [0.717, 1.165) is 18.4 Å². The second kappa shape index (κ2) is 3.81. The number of fused-ring (bicyclic) bond motifs is 1. The molecule has 3 rings (SSSR count). The summed E-state index contributed by atoms with van der Waals surface area (Å²) in [6, 6.07) is 5.15. The van der Waals surface area contributed by atoms with Crippen molar-refractivity contribution in [3.63, 3.8) is 0 Å². The Bertz CT molecular complexity index is 536. The Balaban J connectivity index is 1.93. The average molecular weight is 247 g/mol. The number of aliphatic hydroxyl groups is 1. The lowest BCUT2D eigenvalue weighted by Crippen LogP contribution is -2.25. The Morgan fingerprint density at radius 2 is 2.11 bits per heavy atom. The van der Waals surface area contributed by atoms with Crippen LogP contribution in [-0.4, -0.2) is 33.0 Å². The number of aliphatic carboxylic acids is 1. The van der Waals surface area contributed by atoms with Gasteiger partial charge in [-0.3, -0.25) is 4.79 Å². The quantitative estimate of drug-likeness (QED) is 0.832. The monoisotopic (exact) mass is 247 g/mol. The number of carbonyl (C=O) groups is 2. The molecule has 0 saturated heterocycles. The van der Waals surface area contributed by atoms with E-state index in [1.54, 1.807) is 12.1 Å². The largest absolute Gasteiger partial charge is 0.479 e. The highest BCUT2D eigenvalue weighted by molar-refractivity contribution is 5.99. The van der Waals surface area contributed by atoms with E-state index in [1.807, 2.05) is 4.90 Å². The van der Waals surface area contributed by atoms with Gasteiger partial charge in [0.25, 0.3) is 5.91 Å². The van der Waals surface area contributed by atoms with Crippen LogP contribution >= 0.6 is 0 Å². The molecule has 0 radical (unpaired) electrons. The van der Waals surface area contributed by atoms with E-state index in [4.69, 9.17) is 5.11 Å². The molecule has 94 valence electrons. The predicted molar refractivity (Wildman–Crippen MR) is 61.9 cm³/mol. The third-order valence-electron chi connectivity index (χ3n) is 3.50. The number of hydrogen-bond donors (Lipinski definition) is 2. The van der Waals surface area contributed by atoms with Crippen molar-refractivity contribution in [1.29, 1.82) is 0 Å². The van der Waals surface area contributed by atoms with Gasteiger partial charge in [0, 0.05) is 18.2 Å². The number of carboxylic acid groups (broad SMARTS) is 1. The normalized spacial score (nSPS) is 19.8. The number of hydrogen-bond acceptors (Lipinski definition) is 3. The second-order valence-electron chi connectivity index (χ2n) is 4.82. The van der Waals surface area contributed by atoms with Gasteiger partial charge in [-0.25, -0.2) is 4.79 Å². The third-order valence-corrected chi connectivity index (χ3v) is 3.50. The first-order valence-electron chi connectivity index (χ1n) is 5.92. The maximum absolute atomic E-state index is 12.1. The number of amides is 1. The van der Waals surface area contributed by atoms with Crippen LogP contribution in [0.4, 0.5) is 0 Å². The summed E-state index contributed by atoms with van der Waals surface area (Å²) >= 11 is 0. The van der Waals surface area contributed by atoms with E-state index in [9.17, 15) is 14.7 Å². The fourth-order valence-electron chi connectivity index (χ4n) is 2.33. The molecule has 1 unspecified atom stereocenters. The van der Waals surface area contributed by atoms with Gasteiger partial charge in [-0.15, -0.1) is 0 Å². The summed E-state index contributed by atoms with van der Waals surface area (Å²) in [6.07, 6.45) is 0.521. The van der Waals surface area contributed by atoms with Gasteiger partial charge in [-0.1, -0.05) is 12.1 Å². The number of aliphatic hydroxyl groups excluding tert-OH is 1. The highest BCUT2D eigenvalue weighted by Gasteiger charge is 2.38. The van der Waals surface area contributed by atoms with Crippen molar-refractivity contribution in [2.24, 2.45) is 0 Å². The van der Waals surface area contributed by atoms with Crippen molar-refractivity contribution in [2.75, 3.05) is 0 Å². The van der Waals surface area contributed by atoms with Crippen molar-refractivity contribution in [2.45, 2.75) is 31.5 Å². The SMILES string of the molecule is O=C(O)C(O)c1ccc2c(c1)C(=O)N(C1CC1)C2. The highest BCUT2D eigenvalue weighted by atomic mass is 16.4. The topological polar surface area (TPSA) is 77.8 Å². The molecule has 1 aliphatic heterocycles. The summed E-state index contributed by atoms with van der Waals surface area (Å²) in [5.41, 5.74) is 1.69. The Hall–Kier alpha value is -1.88. The zero-order valence-corrected chi connectivity index (χ0v) is 9.67. The van der Waals surface area contributed by atoms with E-state index in [1.165, 1.54) is 6.07 Å². The molecule has 5 heteroatoms. The molecule has 0 bridgehead atoms. The Morgan fingerprint density at radius 3 is 2.72 bits per heavy atom. The number of nitrogens with zero attached hydrogens (tertiary/aromatic N) is 1. The molecule has 1 atom stereocenters. The predicted octanol–water partition coefficient (Wildman–Crippen LogP) is 0.923. The van der Waals surface area contributed by atoms with Crippen LogP contribution in [0.15, 0.2) is 18.2 Å². The number of benzene rings is 1. The van der Waals surface area contributed by atoms with Crippen LogP contribution in [0.2, 0.25) is 0 Å². The van der Waals surface area contributed by atoms with E-state index >= 15 is 0 Å². The van der Waals surface area contributed by atoms with E-state index in [-0.39, 0.29) is 11.5 Å². The van der Waals surface area contributed by atoms with Crippen molar-refractivity contribution < 1.29 is 19.8 Å². The Morgan fingerprint density at radius 1 is 1.39 bits per heavy atom. The van der Waals surface area contributed by atoms with Gasteiger partial charge in [0.15, 0.2) is 6.10 Å². The van der Waals surface area contributed by atoms with Crippen molar-refractivity contribution >= 4 is 11.9 Å². The second-order valence-corrected chi connectivity index (χ2v) is 4.82. The molecule has 1 heterocycles. The fraction of sp³-hybridized carbons (Fsp3) is 0.385. The van der Waals surface area contributed by atoms with E-state index < -0.39 is 12.1 Å². The van der Waals surface area contributed by atoms with Crippen molar-refractivity contribution in [3.8, 4) is 0 Å². The summed E-state index contributed by atoms with van der Waals surface area (Å²) in [5.74, 6) is -1.36. The van der Waals surface area contributed by atoms with Crippen LogP contribution in [0.3, 0.4) is 0 Å². The molecule has 2 N–H and O–H groups in total. The van der Waals surface area contributed by atoms with Gasteiger partial charge >= 0.3 is 5.97 Å². The van der Waals surface area contributed by atoms with Gasteiger partial charge in [0.2, 0.25) is 0 Å². The van der Waals surface area contributed by atoms with Gasteiger partial charge in [-0.2, -0.15) is 0 Å². The number of rotatable bonds is 3. The third kappa shape index (κ3) is 1.67. The molecular formula is C13H13NO4. The molecule has 0 spiro atoms. The van der Waals surface area contributed by atoms with Crippen molar-refractivity contribution in [1.82, 2.24) is 4.90 Å². The van der Waals surface area contributed by atoms with E-state index in [0.29, 0.717) is 18.2 Å². The number of carbonyl (C=O) groups excluding carboxylic acids is 1. The lowest BCUT2D eigenvalue weighted by atomic mass is 10.0. The summed E-state index contributed by atoms with van der Waals surface area (Å²) < 4.78 is 0. The molecule has 1 amide bonds. The molecule has 2 aliphatic rings. The van der Waals surface area contributed by atoms with Crippen LogP contribution in [0.25, 0.3) is 0 Å². The molecule has 1 aliphatic carbocycles. The summed E-state index contributed by atoms with van der Waals surface area (Å²) in [5, 5.41) is 18.2. The van der Waals surface area contributed by atoms with Crippen molar-refractivity contribution in [3.05, 3.63) is 34.9 Å². The maximum Gasteiger partial charge on any atom is 0.337 e. The summed E-state index contributed by atoms with van der Waals surface area (Å²) in [6.45, 7) is 0.599. The van der Waals surface area contributed by atoms with Gasteiger partial charge in [0.05, 0.1) is 0 Å². The smallest absolute Gasteiger partial charge is 0.337 e. The molecule has 18 heavy (non-hydrogen) atoms. The average Bonchev–Trinajstić information content (AvgIpc) is 3.14. The maximum atomic E-state index is 12.1. The van der Waals surface area contributed by atoms with Gasteiger partial charge in [0.1, 0.15) is 0 Å².